The van der Waals surface area contributed by atoms with Crippen LogP contribution in [0.3, 0.4) is 0 Å². The number of anilines is 1. The summed E-state index contributed by atoms with van der Waals surface area (Å²) in [6.07, 6.45) is 0.531. The van der Waals surface area contributed by atoms with Gasteiger partial charge in [-0.2, -0.15) is 0 Å². The molecule has 3 rings (SSSR count). The SMILES string of the molecule is Fc1cc(F)cc(CCNc2ccc3ccccc3n2)c1. The zero-order chi connectivity index (χ0) is 14.7. The van der Waals surface area contributed by atoms with E-state index < -0.39 is 11.6 Å². The fourth-order valence-corrected chi connectivity index (χ4v) is 2.25. The molecule has 106 valence electrons. The number of nitrogens with one attached hydrogen (secondary N) is 1. The maximum atomic E-state index is 13.1. The van der Waals surface area contributed by atoms with Crippen LogP contribution in [0.4, 0.5) is 14.6 Å². The highest BCUT2D eigenvalue weighted by molar-refractivity contribution is 5.80. The summed E-state index contributed by atoms with van der Waals surface area (Å²) in [5.41, 5.74) is 1.54. The Kier molecular flexibility index (Phi) is 3.77. The maximum Gasteiger partial charge on any atom is 0.126 e. The van der Waals surface area contributed by atoms with Crippen molar-refractivity contribution >= 4 is 16.7 Å². The Balaban J connectivity index is 1.66. The molecule has 0 unspecified atom stereocenters. The topological polar surface area (TPSA) is 24.9 Å². The molecule has 0 saturated carbocycles. The number of benzene rings is 2. The number of pyridine rings is 1. The molecule has 0 atom stereocenters. The minimum atomic E-state index is -0.547. The van der Waals surface area contributed by atoms with Gasteiger partial charge in [-0.25, -0.2) is 13.8 Å². The van der Waals surface area contributed by atoms with Crippen molar-refractivity contribution in [1.29, 1.82) is 0 Å². The summed E-state index contributed by atoms with van der Waals surface area (Å²) < 4.78 is 26.2. The fraction of sp³-hybridized carbons (Fsp3) is 0.118. The van der Waals surface area contributed by atoms with Gasteiger partial charge in [-0.3, -0.25) is 0 Å². The van der Waals surface area contributed by atoms with Crippen molar-refractivity contribution < 1.29 is 8.78 Å². The first-order chi connectivity index (χ1) is 10.2. The molecule has 4 heteroatoms. The molecule has 0 amide bonds. The molecule has 3 aromatic rings. The number of para-hydroxylation sites is 1. The van der Waals surface area contributed by atoms with Crippen molar-refractivity contribution in [2.75, 3.05) is 11.9 Å². The van der Waals surface area contributed by atoms with Crippen LogP contribution in [0.15, 0.2) is 54.6 Å². The molecular weight excluding hydrogens is 270 g/mol. The van der Waals surface area contributed by atoms with Crippen LogP contribution in [-0.4, -0.2) is 11.5 Å². The van der Waals surface area contributed by atoms with Gasteiger partial charge in [0.15, 0.2) is 0 Å². The van der Waals surface area contributed by atoms with Gasteiger partial charge in [0, 0.05) is 18.0 Å². The van der Waals surface area contributed by atoms with E-state index in [4.69, 9.17) is 0 Å². The van der Waals surface area contributed by atoms with Gasteiger partial charge in [0.1, 0.15) is 17.5 Å². The normalized spacial score (nSPS) is 10.8. The van der Waals surface area contributed by atoms with E-state index in [1.807, 2.05) is 36.4 Å². The maximum absolute atomic E-state index is 13.1. The van der Waals surface area contributed by atoms with E-state index in [0.717, 1.165) is 22.8 Å². The minimum Gasteiger partial charge on any atom is -0.370 e. The predicted molar refractivity (Wildman–Crippen MR) is 80.3 cm³/mol. The van der Waals surface area contributed by atoms with Gasteiger partial charge in [0.05, 0.1) is 5.52 Å². The number of hydrogen-bond acceptors (Lipinski definition) is 2. The smallest absolute Gasteiger partial charge is 0.126 e. The molecular formula is C17H14F2N2. The van der Waals surface area contributed by atoms with Gasteiger partial charge < -0.3 is 5.32 Å². The van der Waals surface area contributed by atoms with Crippen LogP contribution in [0.1, 0.15) is 5.56 Å². The second-order valence-corrected chi connectivity index (χ2v) is 4.84. The number of aromatic nitrogens is 1. The number of rotatable bonds is 4. The Morgan fingerprint density at radius 2 is 1.67 bits per heavy atom. The van der Waals surface area contributed by atoms with Crippen molar-refractivity contribution in [3.63, 3.8) is 0 Å². The third-order valence-corrected chi connectivity index (χ3v) is 3.24. The predicted octanol–water partition coefficient (Wildman–Crippen LogP) is 4.17. The zero-order valence-corrected chi connectivity index (χ0v) is 11.3. The number of halogens is 2. The molecule has 0 aliphatic rings. The first-order valence-electron chi connectivity index (χ1n) is 6.75. The van der Waals surface area contributed by atoms with Crippen molar-refractivity contribution in [3.8, 4) is 0 Å². The summed E-state index contributed by atoms with van der Waals surface area (Å²) in [4.78, 5) is 4.48. The summed E-state index contributed by atoms with van der Waals surface area (Å²) in [6, 6.07) is 15.3. The molecule has 0 aliphatic carbocycles. The highest BCUT2D eigenvalue weighted by Crippen LogP contribution is 2.15. The van der Waals surface area contributed by atoms with E-state index in [1.165, 1.54) is 12.1 Å². The first-order valence-corrected chi connectivity index (χ1v) is 6.75. The Hall–Kier alpha value is -2.49. The molecule has 0 fully saturated rings. The molecule has 0 saturated heterocycles. The number of fused-ring (bicyclic) bond motifs is 1. The Labute approximate surface area is 121 Å². The van der Waals surface area contributed by atoms with Crippen molar-refractivity contribution in [2.24, 2.45) is 0 Å². The second-order valence-electron chi connectivity index (χ2n) is 4.84. The summed E-state index contributed by atoms with van der Waals surface area (Å²) in [7, 11) is 0. The Bertz CT molecular complexity index is 751. The number of hydrogen-bond donors (Lipinski definition) is 1. The molecule has 2 aromatic carbocycles. The van der Waals surface area contributed by atoms with E-state index >= 15 is 0 Å². The third kappa shape index (κ3) is 3.34. The van der Waals surface area contributed by atoms with E-state index in [9.17, 15) is 8.78 Å². The van der Waals surface area contributed by atoms with Gasteiger partial charge >= 0.3 is 0 Å². The largest absolute Gasteiger partial charge is 0.370 e. The van der Waals surface area contributed by atoms with Gasteiger partial charge in [-0.15, -0.1) is 0 Å². The summed E-state index contributed by atoms with van der Waals surface area (Å²) in [5.74, 6) is -0.340. The molecule has 0 bridgehead atoms. The molecule has 1 aromatic heterocycles. The molecule has 0 spiro atoms. The second kappa shape index (κ2) is 5.87. The summed E-state index contributed by atoms with van der Waals surface area (Å²) in [6.45, 7) is 0.564. The fourth-order valence-electron chi connectivity index (χ4n) is 2.25. The molecule has 21 heavy (non-hydrogen) atoms. The molecule has 1 N–H and O–H groups in total. The van der Waals surface area contributed by atoms with Crippen LogP contribution in [-0.2, 0) is 6.42 Å². The summed E-state index contributed by atoms with van der Waals surface area (Å²) >= 11 is 0. The van der Waals surface area contributed by atoms with Crippen LogP contribution >= 0.6 is 0 Å². The van der Waals surface area contributed by atoms with Crippen LogP contribution in [0.25, 0.3) is 10.9 Å². The van der Waals surface area contributed by atoms with Gasteiger partial charge in [0.25, 0.3) is 0 Å². The highest BCUT2D eigenvalue weighted by Gasteiger charge is 2.01. The van der Waals surface area contributed by atoms with E-state index in [0.29, 0.717) is 18.5 Å². The standard InChI is InChI=1S/C17H14F2N2/c18-14-9-12(10-15(19)11-14)7-8-20-17-6-5-13-3-1-2-4-16(13)21-17/h1-6,9-11H,7-8H2,(H,20,21). The Morgan fingerprint density at radius 1 is 0.905 bits per heavy atom. The lowest BCUT2D eigenvalue weighted by Gasteiger charge is -2.07. The Morgan fingerprint density at radius 3 is 2.48 bits per heavy atom. The molecule has 1 heterocycles. The van der Waals surface area contributed by atoms with E-state index in [2.05, 4.69) is 10.3 Å². The van der Waals surface area contributed by atoms with Gasteiger partial charge in [-0.1, -0.05) is 18.2 Å². The van der Waals surface area contributed by atoms with Crippen molar-refractivity contribution in [2.45, 2.75) is 6.42 Å². The number of nitrogens with zero attached hydrogens (tertiary/aromatic N) is 1. The van der Waals surface area contributed by atoms with E-state index in [-0.39, 0.29) is 0 Å². The quantitative estimate of drug-likeness (QED) is 0.778. The third-order valence-electron chi connectivity index (χ3n) is 3.24. The molecule has 0 aliphatic heterocycles. The summed E-state index contributed by atoms with van der Waals surface area (Å²) in [5, 5.41) is 4.25. The lowest BCUT2D eigenvalue weighted by atomic mass is 10.1. The van der Waals surface area contributed by atoms with Crippen LogP contribution < -0.4 is 5.32 Å². The monoisotopic (exact) mass is 284 g/mol. The van der Waals surface area contributed by atoms with Gasteiger partial charge in [-0.05, 0) is 42.3 Å². The highest BCUT2D eigenvalue weighted by atomic mass is 19.1. The van der Waals surface area contributed by atoms with Gasteiger partial charge in [0.2, 0.25) is 0 Å². The average molecular weight is 284 g/mol. The lowest BCUT2D eigenvalue weighted by Crippen LogP contribution is -2.06. The zero-order valence-electron chi connectivity index (χ0n) is 11.3. The average Bonchev–Trinajstić information content (AvgIpc) is 2.46. The van der Waals surface area contributed by atoms with E-state index in [1.54, 1.807) is 0 Å². The lowest BCUT2D eigenvalue weighted by molar-refractivity contribution is 0.580. The first kappa shape index (κ1) is 13.5. The molecule has 2 nitrogen and oxygen atoms in total. The van der Waals surface area contributed by atoms with Crippen molar-refractivity contribution in [3.05, 3.63) is 71.8 Å². The van der Waals surface area contributed by atoms with Crippen LogP contribution in [0.2, 0.25) is 0 Å². The van der Waals surface area contributed by atoms with Crippen LogP contribution in [0, 0.1) is 11.6 Å². The van der Waals surface area contributed by atoms with Crippen LogP contribution in [0.5, 0.6) is 0 Å². The minimum absolute atomic E-state index is 0.531. The van der Waals surface area contributed by atoms with Crippen molar-refractivity contribution in [1.82, 2.24) is 4.98 Å². The molecule has 0 radical (unpaired) electrons.